The fourth-order valence-electron chi connectivity index (χ4n) is 1.96. The molecule has 4 nitrogen and oxygen atoms in total. The molecule has 0 saturated heterocycles. The summed E-state index contributed by atoms with van der Waals surface area (Å²) in [5.74, 6) is 1.61. The van der Waals surface area contributed by atoms with Crippen molar-refractivity contribution in [1.82, 2.24) is 0 Å². The highest BCUT2D eigenvalue weighted by atomic mass is 16.5. The zero-order valence-corrected chi connectivity index (χ0v) is 12.2. The van der Waals surface area contributed by atoms with Gasteiger partial charge in [0, 0.05) is 0 Å². The lowest BCUT2D eigenvalue weighted by Gasteiger charge is -2.08. The minimum atomic E-state index is 0.498. The Morgan fingerprint density at radius 1 is 1.00 bits per heavy atom. The van der Waals surface area contributed by atoms with E-state index in [0.717, 1.165) is 22.6 Å². The van der Waals surface area contributed by atoms with Crippen molar-refractivity contribution < 1.29 is 14.7 Å². The molecule has 0 bridgehead atoms. The molecule has 0 aromatic heterocycles. The second-order valence-corrected chi connectivity index (χ2v) is 4.56. The van der Waals surface area contributed by atoms with Gasteiger partial charge in [-0.1, -0.05) is 24.2 Å². The van der Waals surface area contributed by atoms with Crippen LogP contribution in [0, 0.1) is 0 Å². The predicted molar refractivity (Wildman–Crippen MR) is 82.4 cm³/mol. The zero-order chi connectivity index (χ0) is 15.1. The second-order valence-electron chi connectivity index (χ2n) is 4.56. The minimum Gasteiger partial charge on any atom is -0.497 e. The molecule has 0 fully saturated rings. The lowest BCUT2D eigenvalue weighted by Crippen LogP contribution is -1.99. The lowest BCUT2D eigenvalue weighted by molar-refractivity contribution is 0.306. The van der Waals surface area contributed by atoms with Crippen molar-refractivity contribution in [3.05, 3.63) is 59.7 Å². The van der Waals surface area contributed by atoms with Crippen LogP contribution in [0.5, 0.6) is 11.5 Å². The molecule has 0 radical (unpaired) electrons. The monoisotopic (exact) mass is 285 g/mol. The fraction of sp³-hybridized carbons (Fsp3) is 0.235. The molecular formula is C17H19NO3. The fourth-order valence-corrected chi connectivity index (χ4v) is 1.96. The molecule has 0 heterocycles. The van der Waals surface area contributed by atoms with Gasteiger partial charge in [-0.25, -0.2) is 0 Å². The van der Waals surface area contributed by atoms with E-state index in [4.69, 9.17) is 14.7 Å². The van der Waals surface area contributed by atoms with Crippen molar-refractivity contribution in [1.29, 1.82) is 0 Å². The van der Waals surface area contributed by atoms with Crippen LogP contribution in [-0.4, -0.2) is 18.0 Å². The first kappa shape index (κ1) is 14.9. The average Bonchev–Trinajstić information content (AvgIpc) is 2.55. The normalized spacial score (nSPS) is 11.2. The van der Waals surface area contributed by atoms with Crippen LogP contribution in [0.4, 0.5) is 0 Å². The molecule has 0 aliphatic rings. The zero-order valence-electron chi connectivity index (χ0n) is 12.2. The first-order chi connectivity index (χ1) is 10.3. The number of nitrogens with zero attached hydrogens (tertiary/aromatic N) is 1. The first-order valence-corrected chi connectivity index (χ1v) is 6.84. The van der Waals surface area contributed by atoms with Gasteiger partial charge in [-0.3, -0.25) is 0 Å². The van der Waals surface area contributed by atoms with E-state index < -0.39 is 0 Å². The highest BCUT2D eigenvalue weighted by Crippen LogP contribution is 2.17. The molecule has 110 valence electrons. The Labute approximate surface area is 124 Å². The van der Waals surface area contributed by atoms with Gasteiger partial charge >= 0.3 is 0 Å². The summed E-state index contributed by atoms with van der Waals surface area (Å²) in [6.45, 7) is 2.45. The van der Waals surface area contributed by atoms with E-state index in [1.54, 1.807) is 7.11 Å². The van der Waals surface area contributed by atoms with Crippen LogP contribution in [0.25, 0.3) is 0 Å². The third kappa shape index (κ3) is 3.99. The topological polar surface area (TPSA) is 51.1 Å². The van der Waals surface area contributed by atoms with Crippen LogP contribution in [0.3, 0.4) is 0 Å². The van der Waals surface area contributed by atoms with Crippen molar-refractivity contribution in [3.63, 3.8) is 0 Å². The van der Waals surface area contributed by atoms with Crippen LogP contribution in [0.1, 0.15) is 24.5 Å². The maximum atomic E-state index is 8.89. The van der Waals surface area contributed by atoms with E-state index in [1.807, 2.05) is 55.5 Å². The summed E-state index contributed by atoms with van der Waals surface area (Å²) < 4.78 is 10.8. The Hall–Kier alpha value is -2.49. The highest BCUT2D eigenvalue weighted by molar-refractivity contribution is 6.00. The molecule has 0 aliphatic carbocycles. The van der Waals surface area contributed by atoms with Crippen LogP contribution >= 0.6 is 0 Å². The van der Waals surface area contributed by atoms with E-state index in [0.29, 0.717) is 18.7 Å². The number of hydrogen-bond acceptors (Lipinski definition) is 4. The van der Waals surface area contributed by atoms with Crippen LogP contribution in [-0.2, 0) is 6.61 Å². The Morgan fingerprint density at radius 2 is 1.62 bits per heavy atom. The Bertz CT molecular complexity index is 588. The van der Waals surface area contributed by atoms with Crippen molar-refractivity contribution in [2.24, 2.45) is 5.16 Å². The van der Waals surface area contributed by atoms with Crippen LogP contribution in [0.15, 0.2) is 53.7 Å². The maximum absolute atomic E-state index is 8.89. The maximum Gasteiger partial charge on any atom is 0.119 e. The molecule has 2 aromatic carbocycles. The van der Waals surface area contributed by atoms with Gasteiger partial charge in [-0.05, 0) is 53.9 Å². The molecule has 4 heteroatoms. The Kier molecular flexibility index (Phi) is 5.21. The molecule has 0 aliphatic heterocycles. The summed E-state index contributed by atoms with van der Waals surface area (Å²) in [7, 11) is 1.65. The molecule has 0 unspecified atom stereocenters. The molecule has 2 aromatic rings. The van der Waals surface area contributed by atoms with E-state index in [9.17, 15) is 0 Å². The Balaban J connectivity index is 1.97. The van der Waals surface area contributed by atoms with Gasteiger partial charge in [0.15, 0.2) is 0 Å². The third-order valence-corrected chi connectivity index (χ3v) is 3.21. The summed E-state index contributed by atoms with van der Waals surface area (Å²) in [5.41, 5.74) is 2.64. The molecule has 0 atom stereocenters. The summed E-state index contributed by atoms with van der Waals surface area (Å²) >= 11 is 0. The SMILES string of the molecule is CC/C(=N\O)c1ccc(OCc2ccc(OC)cc2)cc1. The number of ether oxygens (including phenoxy) is 2. The molecule has 0 amide bonds. The van der Waals surface area contributed by atoms with E-state index >= 15 is 0 Å². The predicted octanol–water partition coefficient (Wildman–Crippen LogP) is 3.86. The largest absolute Gasteiger partial charge is 0.497 e. The van der Waals surface area contributed by atoms with Crippen molar-refractivity contribution in [3.8, 4) is 11.5 Å². The van der Waals surface area contributed by atoms with E-state index in [-0.39, 0.29) is 0 Å². The highest BCUT2D eigenvalue weighted by Gasteiger charge is 2.02. The van der Waals surface area contributed by atoms with E-state index in [2.05, 4.69) is 5.16 Å². The van der Waals surface area contributed by atoms with Crippen molar-refractivity contribution in [2.45, 2.75) is 20.0 Å². The molecular weight excluding hydrogens is 266 g/mol. The molecule has 1 N–H and O–H groups in total. The van der Waals surface area contributed by atoms with Crippen molar-refractivity contribution in [2.75, 3.05) is 7.11 Å². The van der Waals surface area contributed by atoms with Crippen molar-refractivity contribution >= 4 is 5.71 Å². The number of rotatable bonds is 6. The van der Waals surface area contributed by atoms with Gasteiger partial charge in [0.2, 0.25) is 0 Å². The number of oxime groups is 1. The summed E-state index contributed by atoms with van der Waals surface area (Å²) in [4.78, 5) is 0. The number of methoxy groups -OCH3 is 1. The van der Waals surface area contributed by atoms with Gasteiger partial charge in [-0.15, -0.1) is 0 Å². The van der Waals surface area contributed by atoms with Gasteiger partial charge in [0.1, 0.15) is 18.1 Å². The standard InChI is InChI=1S/C17H19NO3/c1-3-17(18-19)14-6-10-16(11-7-14)21-12-13-4-8-15(20-2)9-5-13/h4-11,19H,3,12H2,1-2H3/b18-17+. The number of benzene rings is 2. The molecule has 0 spiro atoms. The average molecular weight is 285 g/mol. The molecule has 2 rings (SSSR count). The lowest BCUT2D eigenvalue weighted by atomic mass is 10.1. The second kappa shape index (κ2) is 7.33. The number of hydrogen-bond donors (Lipinski definition) is 1. The molecule has 21 heavy (non-hydrogen) atoms. The quantitative estimate of drug-likeness (QED) is 0.498. The summed E-state index contributed by atoms with van der Waals surface area (Å²) in [6.07, 6.45) is 0.683. The summed E-state index contributed by atoms with van der Waals surface area (Å²) in [6, 6.07) is 15.3. The molecule has 0 saturated carbocycles. The van der Waals surface area contributed by atoms with Gasteiger partial charge < -0.3 is 14.7 Å². The Morgan fingerprint density at radius 3 is 2.14 bits per heavy atom. The minimum absolute atomic E-state index is 0.498. The summed E-state index contributed by atoms with van der Waals surface area (Å²) in [5, 5.41) is 12.2. The van der Waals surface area contributed by atoms with E-state index in [1.165, 1.54) is 0 Å². The van der Waals surface area contributed by atoms with Gasteiger partial charge in [-0.2, -0.15) is 0 Å². The van der Waals surface area contributed by atoms with Gasteiger partial charge in [0.25, 0.3) is 0 Å². The smallest absolute Gasteiger partial charge is 0.119 e. The third-order valence-electron chi connectivity index (χ3n) is 3.21. The first-order valence-electron chi connectivity index (χ1n) is 6.84. The van der Waals surface area contributed by atoms with Crippen LogP contribution < -0.4 is 9.47 Å². The van der Waals surface area contributed by atoms with Crippen LogP contribution in [0.2, 0.25) is 0 Å². The van der Waals surface area contributed by atoms with Gasteiger partial charge in [0.05, 0.1) is 12.8 Å².